The number of benzene rings is 2. The number of likely N-dealkylation sites (tertiary alicyclic amines) is 2. The highest BCUT2D eigenvalue weighted by atomic mass is 16.6. The van der Waals surface area contributed by atoms with Crippen LogP contribution in [0.1, 0.15) is 83.3 Å². The van der Waals surface area contributed by atoms with Gasteiger partial charge in [0.2, 0.25) is 0 Å². The second-order valence-corrected chi connectivity index (χ2v) is 10.9. The molecular weight excluding hydrogens is 566 g/mol. The molecule has 11 nitrogen and oxygen atoms in total. The minimum Gasteiger partial charge on any atom is -0.445 e. The molecule has 0 aliphatic carbocycles. The van der Waals surface area contributed by atoms with Crippen molar-refractivity contribution < 1.29 is 38.7 Å². The summed E-state index contributed by atoms with van der Waals surface area (Å²) in [5, 5.41) is 8.84. The maximum absolute atomic E-state index is 12.4. The summed E-state index contributed by atoms with van der Waals surface area (Å²) in [4.78, 5) is 56.0. The molecule has 2 saturated heterocycles. The average molecular weight is 612 g/mol. The van der Waals surface area contributed by atoms with Crippen LogP contribution in [0.5, 0.6) is 0 Å². The van der Waals surface area contributed by atoms with Crippen LogP contribution >= 0.6 is 0 Å². The Morgan fingerprint density at radius 2 is 1.20 bits per heavy atom. The lowest BCUT2D eigenvalue weighted by Gasteiger charge is -2.28. The molecule has 0 aromatic heterocycles. The average Bonchev–Trinajstić information content (AvgIpc) is 3.63. The Morgan fingerprint density at radius 3 is 1.66 bits per heavy atom. The van der Waals surface area contributed by atoms with Crippen molar-refractivity contribution in [2.24, 2.45) is 0 Å². The molecular formula is C33H45N3O8. The maximum atomic E-state index is 12.4. The third-order valence-corrected chi connectivity index (χ3v) is 7.78. The molecule has 0 spiro atoms. The second kappa shape index (κ2) is 19.9. The molecule has 2 aromatic rings. The number of hydroxylamine groups is 1. The zero-order chi connectivity index (χ0) is 32.3. The quantitative estimate of drug-likeness (QED) is 0.265. The molecule has 0 bridgehead atoms. The Hall–Kier alpha value is -4.21. The summed E-state index contributed by atoms with van der Waals surface area (Å²) in [5.41, 5.74) is 3.57. The fourth-order valence-electron chi connectivity index (χ4n) is 5.71. The fraction of sp³-hybridized carbons (Fsp3) is 0.515. The van der Waals surface area contributed by atoms with Gasteiger partial charge in [0.15, 0.2) is 0 Å². The van der Waals surface area contributed by atoms with Gasteiger partial charge in [0.25, 0.3) is 5.91 Å². The largest absolute Gasteiger partial charge is 0.445 e. The van der Waals surface area contributed by atoms with Crippen molar-refractivity contribution in [2.75, 3.05) is 0 Å². The van der Waals surface area contributed by atoms with Crippen LogP contribution in [0.15, 0.2) is 60.7 Å². The predicted octanol–water partition coefficient (Wildman–Crippen LogP) is 5.85. The summed E-state index contributed by atoms with van der Waals surface area (Å²) < 4.78 is 10.8. The molecule has 44 heavy (non-hydrogen) atoms. The number of amides is 3. The van der Waals surface area contributed by atoms with Gasteiger partial charge in [-0.1, -0.05) is 87.4 Å². The van der Waals surface area contributed by atoms with Crippen LogP contribution < -0.4 is 5.48 Å². The van der Waals surface area contributed by atoms with Crippen molar-refractivity contribution in [1.29, 1.82) is 0 Å². The molecule has 3 amide bonds. The molecule has 240 valence electrons. The molecule has 11 heteroatoms. The van der Waals surface area contributed by atoms with E-state index in [1.165, 1.54) is 4.90 Å². The Balaban J connectivity index is 0.000000284. The first-order chi connectivity index (χ1) is 21.3. The number of hydrogen-bond acceptors (Lipinski definition) is 8. The lowest BCUT2D eigenvalue weighted by molar-refractivity contribution is -0.191. The van der Waals surface area contributed by atoms with Gasteiger partial charge in [-0.15, -0.1) is 0 Å². The summed E-state index contributed by atoms with van der Waals surface area (Å²) in [6, 6.07) is 19.2. The molecule has 2 unspecified atom stereocenters. The Labute approximate surface area is 259 Å². The van der Waals surface area contributed by atoms with E-state index in [9.17, 15) is 14.4 Å². The van der Waals surface area contributed by atoms with Gasteiger partial charge in [-0.2, -0.15) is 9.59 Å². The van der Waals surface area contributed by atoms with Crippen LogP contribution in [-0.4, -0.2) is 63.4 Å². The third kappa shape index (κ3) is 11.1. The third-order valence-electron chi connectivity index (χ3n) is 7.78. The van der Waals surface area contributed by atoms with Gasteiger partial charge in [0.05, 0.1) is 0 Å². The van der Waals surface area contributed by atoms with Gasteiger partial charge in [0.1, 0.15) is 19.3 Å². The summed E-state index contributed by atoms with van der Waals surface area (Å²) in [6.45, 7) is 6.84. The zero-order valence-corrected chi connectivity index (χ0v) is 25.9. The monoisotopic (exact) mass is 611 g/mol. The number of nitrogens with zero attached hydrogens (tertiary/aromatic N) is 2. The minimum atomic E-state index is -0.662. The van der Waals surface area contributed by atoms with E-state index in [1.54, 1.807) is 5.48 Å². The van der Waals surface area contributed by atoms with Crippen LogP contribution in [0.25, 0.3) is 0 Å². The van der Waals surface area contributed by atoms with E-state index in [2.05, 4.69) is 13.8 Å². The molecule has 2 heterocycles. The van der Waals surface area contributed by atoms with E-state index in [-0.39, 0.29) is 24.9 Å². The molecule has 2 aliphatic rings. The molecule has 4 atom stereocenters. The highest BCUT2D eigenvalue weighted by Gasteiger charge is 2.41. The number of carbonyl (C=O) groups is 3. The lowest BCUT2D eigenvalue weighted by Crippen LogP contribution is -2.48. The van der Waals surface area contributed by atoms with Crippen molar-refractivity contribution in [3.05, 3.63) is 71.8 Å². The van der Waals surface area contributed by atoms with E-state index in [1.807, 2.05) is 72.5 Å². The first-order valence-corrected chi connectivity index (χ1v) is 15.2. The summed E-state index contributed by atoms with van der Waals surface area (Å²) >= 11 is 0. The van der Waals surface area contributed by atoms with Crippen LogP contribution in [-0.2, 0) is 37.1 Å². The van der Waals surface area contributed by atoms with Gasteiger partial charge >= 0.3 is 18.3 Å². The maximum Gasteiger partial charge on any atom is 0.411 e. The van der Waals surface area contributed by atoms with Gasteiger partial charge in [-0.25, -0.2) is 15.1 Å². The van der Waals surface area contributed by atoms with Crippen molar-refractivity contribution >= 4 is 24.2 Å². The SMILES string of the molecule is CCC[C@H]1CCC(C(=O)NO)N1C(=O)OCc1ccccc1.CCC[C@H]1CCC(C)N1C(=O)OCc1ccccc1.O=C=O. The Kier molecular flexibility index (Phi) is 16.3. The molecule has 2 N–H and O–H groups in total. The molecule has 2 aliphatic heterocycles. The van der Waals surface area contributed by atoms with Gasteiger partial charge in [0, 0.05) is 18.1 Å². The molecule has 2 fully saturated rings. The van der Waals surface area contributed by atoms with Crippen LogP contribution in [0.4, 0.5) is 9.59 Å². The van der Waals surface area contributed by atoms with Crippen molar-refractivity contribution in [2.45, 2.75) is 110 Å². The van der Waals surface area contributed by atoms with Crippen molar-refractivity contribution in [1.82, 2.24) is 15.3 Å². The van der Waals surface area contributed by atoms with E-state index < -0.39 is 18.0 Å². The summed E-state index contributed by atoms with van der Waals surface area (Å²) in [6.07, 6.45) is 6.98. The Bertz CT molecular complexity index is 1170. The van der Waals surface area contributed by atoms with Crippen molar-refractivity contribution in [3.8, 4) is 0 Å². The molecule has 2 aromatic carbocycles. The number of ether oxygens (including phenoxy) is 2. The first-order valence-electron chi connectivity index (χ1n) is 15.2. The van der Waals surface area contributed by atoms with Crippen LogP contribution in [0.2, 0.25) is 0 Å². The normalized spacial score (nSPS) is 20.3. The van der Waals surface area contributed by atoms with E-state index in [0.717, 1.165) is 56.1 Å². The second-order valence-electron chi connectivity index (χ2n) is 10.9. The van der Waals surface area contributed by atoms with Gasteiger partial charge in [-0.3, -0.25) is 14.9 Å². The topological polar surface area (TPSA) is 143 Å². The smallest absolute Gasteiger partial charge is 0.411 e. The van der Waals surface area contributed by atoms with E-state index in [0.29, 0.717) is 25.1 Å². The predicted molar refractivity (Wildman–Crippen MR) is 161 cm³/mol. The minimum absolute atomic E-state index is 0.0180. The number of carbonyl (C=O) groups excluding carboxylic acids is 5. The number of nitrogens with one attached hydrogen (secondary N) is 1. The van der Waals surface area contributed by atoms with Crippen molar-refractivity contribution in [3.63, 3.8) is 0 Å². The van der Waals surface area contributed by atoms with Crippen LogP contribution in [0.3, 0.4) is 0 Å². The van der Waals surface area contributed by atoms with Gasteiger partial charge < -0.3 is 14.4 Å². The molecule has 4 rings (SSSR count). The number of rotatable bonds is 9. The van der Waals surface area contributed by atoms with E-state index >= 15 is 0 Å². The number of hydrogen-bond donors (Lipinski definition) is 2. The highest BCUT2D eigenvalue weighted by molar-refractivity contribution is 5.85. The molecule has 0 saturated carbocycles. The standard InChI is InChI=1S/C16H22N2O4.C16H23NO2.CO2/c1-2-6-13-9-10-14(15(19)17-21)18(13)16(20)22-11-12-7-4-3-5-8-12;1-3-7-15-11-10-13(2)17(15)16(18)19-12-14-8-5-4-6-9-14;2-1-3/h3-5,7-8,13-14,21H,2,6,9-11H2,1H3,(H,17,19);4-6,8-9,13,15H,3,7,10-12H2,1-2H3;/t13-,14?;13?,15-;/m00./s1. The summed E-state index contributed by atoms with van der Waals surface area (Å²) in [7, 11) is 0. The lowest BCUT2D eigenvalue weighted by atomic mass is 10.1. The Morgan fingerprint density at radius 1 is 0.773 bits per heavy atom. The van der Waals surface area contributed by atoms with Gasteiger partial charge in [-0.05, 0) is 56.6 Å². The highest BCUT2D eigenvalue weighted by Crippen LogP contribution is 2.29. The fourth-order valence-corrected chi connectivity index (χ4v) is 5.71. The van der Waals surface area contributed by atoms with Crippen LogP contribution in [0, 0.1) is 0 Å². The first kappa shape index (κ1) is 36.0. The molecule has 0 radical (unpaired) electrons. The zero-order valence-electron chi connectivity index (χ0n) is 25.9. The summed E-state index contributed by atoms with van der Waals surface area (Å²) in [5.74, 6) is -0.560. The van der Waals surface area contributed by atoms with E-state index in [4.69, 9.17) is 24.3 Å².